The summed E-state index contributed by atoms with van der Waals surface area (Å²) >= 11 is 5.85. The van der Waals surface area contributed by atoms with Crippen LogP contribution in [0.3, 0.4) is 0 Å². The highest BCUT2D eigenvalue weighted by Crippen LogP contribution is 2.29. The van der Waals surface area contributed by atoms with Gasteiger partial charge in [-0.15, -0.1) is 0 Å². The van der Waals surface area contributed by atoms with Crippen LogP contribution in [-0.4, -0.2) is 35.5 Å². The standard InChI is InChI=1S/C21H19ClN2O2/c22-16-5-7-17(8-6-16)26-14-21(25)24-11-9-15(10-12-24)19-13-23-20-4-2-1-3-18(19)20/h1-9,13,23H,10-12,14H2. The number of hydrogen-bond acceptors (Lipinski definition) is 2. The van der Waals surface area contributed by atoms with Crippen LogP contribution in [0.1, 0.15) is 12.0 Å². The first-order valence-corrected chi connectivity index (χ1v) is 9.00. The van der Waals surface area contributed by atoms with E-state index in [4.69, 9.17) is 16.3 Å². The zero-order valence-electron chi connectivity index (χ0n) is 14.2. The normalized spacial score (nSPS) is 14.3. The van der Waals surface area contributed by atoms with Crippen LogP contribution >= 0.6 is 11.6 Å². The van der Waals surface area contributed by atoms with Crippen LogP contribution in [0.25, 0.3) is 16.5 Å². The van der Waals surface area contributed by atoms with Gasteiger partial charge in [-0.2, -0.15) is 0 Å². The van der Waals surface area contributed by atoms with Crippen molar-refractivity contribution in [2.45, 2.75) is 6.42 Å². The number of aromatic amines is 1. The number of halogens is 1. The van der Waals surface area contributed by atoms with E-state index in [1.165, 1.54) is 16.5 Å². The quantitative estimate of drug-likeness (QED) is 0.738. The fourth-order valence-corrected chi connectivity index (χ4v) is 3.37. The van der Waals surface area contributed by atoms with Crippen LogP contribution in [0.2, 0.25) is 5.02 Å². The van der Waals surface area contributed by atoms with Crippen molar-refractivity contribution < 1.29 is 9.53 Å². The highest BCUT2D eigenvalue weighted by Gasteiger charge is 2.19. The second kappa shape index (κ2) is 7.26. The molecule has 26 heavy (non-hydrogen) atoms. The summed E-state index contributed by atoms with van der Waals surface area (Å²) in [7, 11) is 0. The number of fused-ring (bicyclic) bond motifs is 1. The number of rotatable bonds is 4. The number of nitrogens with zero attached hydrogens (tertiary/aromatic N) is 1. The summed E-state index contributed by atoms with van der Waals surface area (Å²) in [5.74, 6) is 0.643. The van der Waals surface area contributed by atoms with E-state index in [0.29, 0.717) is 23.9 Å². The van der Waals surface area contributed by atoms with Crippen molar-refractivity contribution in [3.8, 4) is 5.75 Å². The summed E-state index contributed by atoms with van der Waals surface area (Å²) in [4.78, 5) is 17.5. The number of hydrogen-bond donors (Lipinski definition) is 1. The number of benzene rings is 2. The molecule has 0 fully saturated rings. The monoisotopic (exact) mass is 366 g/mol. The van der Waals surface area contributed by atoms with Gasteiger partial charge in [0.05, 0.1) is 0 Å². The second-order valence-electron chi connectivity index (χ2n) is 6.31. The third kappa shape index (κ3) is 3.46. The molecule has 0 saturated heterocycles. The molecule has 0 unspecified atom stereocenters. The van der Waals surface area contributed by atoms with Gasteiger partial charge in [0.1, 0.15) is 5.75 Å². The van der Waals surface area contributed by atoms with E-state index >= 15 is 0 Å². The Morgan fingerprint density at radius 3 is 2.73 bits per heavy atom. The summed E-state index contributed by atoms with van der Waals surface area (Å²) in [5, 5.41) is 1.87. The highest BCUT2D eigenvalue weighted by molar-refractivity contribution is 6.30. The van der Waals surface area contributed by atoms with Gasteiger partial charge in [0, 0.05) is 40.8 Å². The molecule has 0 bridgehead atoms. The maximum absolute atomic E-state index is 12.4. The van der Waals surface area contributed by atoms with Crippen molar-refractivity contribution in [2.75, 3.05) is 19.7 Å². The molecule has 2 heterocycles. The molecule has 0 saturated carbocycles. The lowest BCUT2D eigenvalue weighted by atomic mass is 9.99. The molecule has 1 amide bonds. The first kappa shape index (κ1) is 16.7. The number of ether oxygens (including phenoxy) is 1. The van der Waals surface area contributed by atoms with Crippen molar-refractivity contribution in [1.29, 1.82) is 0 Å². The predicted octanol–water partition coefficient (Wildman–Crippen LogP) is 4.52. The van der Waals surface area contributed by atoms with Gasteiger partial charge in [0.15, 0.2) is 6.61 Å². The molecule has 1 aliphatic rings. The van der Waals surface area contributed by atoms with E-state index in [-0.39, 0.29) is 12.5 Å². The summed E-state index contributed by atoms with van der Waals surface area (Å²) in [6.07, 6.45) is 5.03. The number of H-pyrrole nitrogens is 1. The lowest BCUT2D eigenvalue weighted by Crippen LogP contribution is -2.37. The molecule has 0 aliphatic carbocycles. The Bertz CT molecular complexity index is 960. The summed E-state index contributed by atoms with van der Waals surface area (Å²) in [6, 6.07) is 15.3. The number of para-hydroxylation sites is 1. The largest absolute Gasteiger partial charge is 0.484 e. The van der Waals surface area contributed by atoms with Gasteiger partial charge in [-0.05, 0) is 42.3 Å². The molecular weight excluding hydrogens is 348 g/mol. The molecule has 0 radical (unpaired) electrons. The van der Waals surface area contributed by atoms with Gasteiger partial charge in [0.2, 0.25) is 0 Å². The van der Waals surface area contributed by atoms with Crippen LogP contribution in [-0.2, 0) is 4.79 Å². The number of nitrogens with one attached hydrogen (secondary N) is 1. The maximum atomic E-state index is 12.4. The van der Waals surface area contributed by atoms with Crippen LogP contribution in [0, 0.1) is 0 Å². The van der Waals surface area contributed by atoms with Crippen molar-refractivity contribution in [3.63, 3.8) is 0 Å². The van der Waals surface area contributed by atoms with Crippen LogP contribution in [0.4, 0.5) is 0 Å². The molecule has 3 aromatic rings. The molecule has 1 aliphatic heterocycles. The number of carbonyl (C=O) groups is 1. The number of amides is 1. The third-order valence-electron chi connectivity index (χ3n) is 4.67. The van der Waals surface area contributed by atoms with E-state index in [1.807, 2.05) is 17.0 Å². The van der Waals surface area contributed by atoms with Crippen LogP contribution < -0.4 is 4.74 Å². The van der Waals surface area contributed by atoms with Crippen LogP contribution in [0.15, 0.2) is 60.8 Å². The second-order valence-corrected chi connectivity index (χ2v) is 6.75. The molecule has 132 valence electrons. The molecule has 4 rings (SSSR count). The van der Waals surface area contributed by atoms with Gasteiger partial charge in [-0.25, -0.2) is 0 Å². The van der Waals surface area contributed by atoms with Crippen molar-refractivity contribution in [3.05, 3.63) is 71.4 Å². The summed E-state index contributed by atoms with van der Waals surface area (Å²) in [6.45, 7) is 1.35. The van der Waals surface area contributed by atoms with E-state index in [0.717, 1.165) is 11.9 Å². The molecule has 0 spiro atoms. The minimum Gasteiger partial charge on any atom is -0.484 e. The topological polar surface area (TPSA) is 45.3 Å². The molecule has 5 heteroatoms. The van der Waals surface area contributed by atoms with Crippen molar-refractivity contribution in [2.24, 2.45) is 0 Å². The predicted molar refractivity (Wildman–Crippen MR) is 104 cm³/mol. The molecule has 2 aromatic carbocycles. The lowest BCUT2D eigenvalue weighted by molar-refractivity contribution is -0.132. The van der Waals surface area contributed by atoms with Crippen LogP contribution in [0.5, 0.6) is 5.75 Å². The number of aromatic nitrogens is 1. The SMILES string of the molecule is O=C(COc1ccc(Cl)cc1)N1CC=C(c2c[nH]c3ccccc23)CC1. The van der Waals surface area contributed by atoms with E-state index in [9.17, 15) is 4.79 Å². The Balaban J connectivity index is 1.39. The fourth-order valence-electron chi connectivity index (χ4n) is 3.24. The van der Waals surface area contributed by atoms with Gasteiger partial charge >= 0.3 is 0 Å². The Morgan fingerprint density at radius 2 is 1.96 bits per heavy atom. The van der Waals surface area contributed by atoms with Crippen molar-refractivity contribution >= 4 is 34.0 Å². The fraction of sp³-hybridized carbons (Fsp3) is 0.190. The minimum absolute atomic E-state index is 0.00539. The first-order valence-electron chi connectivity index (χ1n) is 8.62. The van der Waals surface area contributed by atoms with Crippen molar-refractivity contribution in [1.82, 2.24) is 9.88 Å². The molecule has 4 nitrogen and oxygen atoms in total. The first-order chi connectivity index (χ1) is 12.7. The summed E-state index contributed by atoms with van der Waals surface area (Å²) < 4.78 is 5.56. The van der Waals surface area contributed by atoms with E-state index in [2.05, 4.69) is 29.4 Å². The molecular formula is C21H19ClN2O2. The Kier molecular flexibility index (Phi) is 4.67. The van der Waals surface area contributed by atoms with Gasteiger partial charge in [-0.1, -0.05) is 35.9 Å². The summed E-state index contributed by atoms with van der Waals surface area (Å²) in [5.41, 5.74) is 3.65. The minimum atomic E-state index is -0.00539. The zero-order chi connectivity index (χ0) is 17.9. The average molecular weight is 367 g/mol. The Morgan fingerprint density at radius 1 is 1.15 bits per heavy atom. The Hall–Kier alpha value is -2.72. The van der Waals surface area contributed by atoms with E-state index in [1.54, 1.807) is 24.3 Å². The lowest BCUT2D eigenvalue weighted by Gasteiger charge is -2.26. The molecule has 1 aromatic heterocycles. The average Bonchev–Trinajstić information content (AvgIpc) is 3.11. The van der Waals surface area contributed by atoms with Gasteiger partial charge in [0.25, 0.3) is 5.91 Å². The molecule has 0 atom stereocenters. The third-order valence-corrected chi connectivity index (χ3v) is 4.92. The van der Waals surface area contributed by atoms with Gasteiger partial charge in [-0.3, -0.25) is 4.79 Å². The molecule has 1 N–H and O–H groups in total. The van der Waals surface area contributed by atoms with Gasteiger partial charge < -0.3 is 14.6 Å². The zero-order valence-corrected chi connectivity index (χ0v) is 15.0. The van der Waals surface area contributed by atoms with E-state index < -0.39 is 0 Å². The number of carbonyl (C=O) groups excluding carboxylic acids is 1. The smallest absolute Gasteiger partial charge is 0.260 e. The maximum Gasteiger partial charge on any atom is 0.260 e. The Labute approximate surface area is 157 Å². The highest BCUT2D eigenvalue weighted by atomic mass is 35.5.